The Bertz CT molecular complexity index is 850. The van der Waals surface area contributed by atoms with Crippen molar-refractivity contribution in [3.05, 3.63) is 29.8 Å². The Morgan fingerprint density at radius 3 is 2.48 bits per heavy atom. The molecule has 1 saturated heterocycles. The van der Waals surface area contributed by atoms with E-state index >= 15 is 0 Å². The highest BCUT2D eigenvalue weighted by Gasteiger charge is 2.38. The van der Waals surface area contributed by atoms with Gasteiger partial charge in [0.15, 0.2) is 0 Å². The van der Waals surface area contributed by atoms with Gasteiger partial charge in [0.2, 0.25) is 17.7 Å². The molecule has 1 aromatic carbocycles. The molecule has 0 radical (unpaired) electrons. The monoisotopic (exact) mass is 480 g/mol. The maximum atomic E-state index is 13.4. The molecule has 1 heterocycles. The molecule has 4 unspecified atom stereocenters. The average molecular weight is 481 g/mol. The number of hydrogen-bond donors (Lipinski definition) is 5. The first-order valence-corrected chi connectivity index (χ1v) is 12.2. The standard InChI is InChI=1S/C22H32N4O6S/c1-13(22(31)32)24-20(29)18-4-3-10-26(18)21(30)17(12-14-5-7-15(27)8-6-14)25-19(28)16(23)9-11-33-2/h5-8,13,16-18,27H,3-4,9-12,23H2,1-2H3,(H,24,29)(H,25,28)(H,31,32). The number of carbonyl (C=O) groups excluding carboxylic acids is 3. The summed E-state index contributed by atoms with van der Waals surface area (Å²) < 4.78 is 0. The summed E-state index contributed by atoms with van der Waals surface area (Å²) in [4.78, 5) is 51.2. The number of aliphatic carboxylic acids is 1. The van der Waals surface area contributed by atoms with Gasteiger partial charge < -0.3 is 31.5 Å². The van der Waals surface area contributed by atoms with Crippen molar-refractivity contribution in [1.29, 1.82) is 0 Å². The van der Waals surface area contributed by atoms with Gasteiger partial charge >= 0.3 is 5.97 Å². The van der Waals surface area contributed by atoms with Crippen molar-refractivity contribution in [3.8, 4) is 5.75 Å². The smallest absolute Gasteiger partial charge is 0.325 e. The van der Waals surface area contributed by atoms with Crippen molar-refractivity contribution in [2.45, 2.75) is 56.8 Å². The first kappa shape index (κ1) is 26.5. The minimum Gasteiger partial charge on any atom is -0.508 e. The number of nitrogens with one attached hydrogen (secondary N) is 2. The number of nitrogens with two attached hydrogens (primary N) is 1. The van der Waals surface area contributed by atoms with Gasteiger partial charge in [-0.3, -0.25) is 19.2 Å². The number of aromatic hydroxyl groups is 1. The summed E-state index contributed by atoms with van der Waals surface area (Å²) in [5.41, 5.74) is 6.69. The maximum absolute atomic E-state index is 13.4. The number of nitrogens with zero attached hydrogens (tertiary/aromatic N) is 1. The van der Waals surface area contributed by atoms with Crippen molar-refractivity contribution in [3.63, 3.8) is 0 Å². The number of carboxylic acid groups (broad SMARTS) is 1. The molecule has 0 saturated carbocycles. The molecule has 4 atom stereocenters. The molecule has 0 bridgehead atoms. The van der Waals surface area contributed by atoms with Crippen LogP contribution in [0.2, 0.25) is 0 Å². The average Bonchev–Trinajstić information content (AvgIpc) is 3.27. The molecule has 11 heteroatoms. The number of carbonyl (C=O) groups is 4. The molecule has 0 aliphatic carbocycles. The zero-order chi connectivity index (χ0) is 24.5. The zero-order valence-electron chi connectivity index (χ0n) is 18.8. The van der Waals surface area contributed by atoms with Crippen LogP contribution in [0.3, 0.4) is 0 Å². The Balaban J connectivity index is 2.19. The van der Waals surface area contributed by atoms with Crippen molar-refractivity contribution in [1.82, 2.24) is 15.5 Å². The molecule has 3 amide bonds. The number of phenolic OH excluding ortho intramolecular Hbond substituents is 1. The van der Waals surface area contributed by atoms with Crippen LogP contribution in [0.1, 0.15) is 31.7 Å². The Morgan fingerprint density at radius 1 is 1.21 bits per heavy atom. The number of rotatable bonds is 11. The molecule has 6 N–H and O–H groups in total. The highest BCUT2D eigenvalue weighted by molar-refractivity contribution is 7.98. The van der Waals surface area contributed by atoms with E-state index < -0.39 is 47.9 Å². The molecule has 1 aromatic rings. The highest BCUT2D eigenvalue weighted by Crippen LogP contribution is 2.20. The van der Waals surface area contributed by atoms with E-state index in [2.05, 4.69) is 10.6 Å². The van der Waals surface area contributed by atoms with Crippen molar-refractivity contribution in [2.24, 2.45) is 5.73 Å². The second kappa shape index (κ2) is 12.4. The molecular formula is C22H32N4O6S. The van der Waals surface area contributed by atoms with E-state index in [1.807, 2.05) is 6.26 Å². The van der Waals surface area contributed by atoms with E-state index in [-0.39, 0.29) is 12.2 Å². The Kier molecular flexibility index (Phi) is 9.98. The Morgan fingerprint density at radius 2 is 1.88 bits per heavy atom. The fraction of sp³-hybridized carbons (Fsp3) is 0.545. The molecule has 1 aliphatic heterocycles. The number of phenols is 1. The molecule has 1 fully saturated rings. The third-order valence-electron chi connectivity index (χ3n) is 5.53. The van der Waals surface area contributed by atoms with Gasteiger partial charge in [-0.25, -0.2) is 0 Å². The summed E-state index contributed by atoms with van der Waals surface area (Å²) in [5.74, 6) is -1.83. The van der Waals surface area contributed by atoms with Crippen LogP contribution in [0.5, 0.6) is 5.75 Å². The van der Waals surface area contributed by atoms with Crippen LogP contribution in [-0.4, -0.2) is 81.5 Å². The predicted octanol–water partition coefficient (Wildman–Crippen LogP) is 0.0802. The number of likely N-dealkylation sites (tertiary alicyclic amines) is 1. The van der Waals surface area contributed by atoms with Crippen LogP contribution >= 0.6 is 11.8 Å². The predicted molar refractivity (Wildman–Crippen MR) is 125 cm³/mol. The van der Waals surface area contributed by atoms with Crippen molar-refractivity contribution >= 4 is 35.5 Å². The van der Waals surface area contributed by atoms with Crippen LogP contribution < -0.4 is 16.4 Å². The van der Waals surface area contributed by atoms with Crippen molar-refractivity contribution in [2.75, 3.05) is 18.6 Å². The summed E-state index contributed by atoms with van der Waals surface area (Å²) in [6.07, 6.45) is 3.49. The van der Waals surface area contributed by atoms with Crippen LogP contribution in [0.4, 0.5) is 0 Å². The summed E-state index contributed by atoms with van der Waals surface area (Å²) >= 11 is 1.56. The van der Waals surface area contributed by atoms with Gasteiger partial charge in [-0.05, 0) is 55.9 Å². The number of hydrogen-bond acceptors (Lipinski definition) is 7. The van der Waals surface area contributed by atoms with E-state index in [9.17, 15) is 24.3 Å². The molecule has 33 heavy (non-hydrogen) atoms. The lowest BCUT2D eigenvalue weighted by molar-refractivity contribution is -0.144. The van der Waals surface area contributed by atoms with Gasteiger partial charge in [-0.1, -0.05) is 12.1 Å². The molecule has 182 valence electrons. The fourth-order valence-electron chi connectivity index (χ4n) is 3.60. The minimum atomic E-state index is -1.17. The molecule has 1 aliphatic rings. The van der Waals surface area contributed by atoms with Gasteiger partial charge in [-0.15, -0.1) is 0 Å². The van der Waals surface area contributed by atoms with Crippen LogP contribution in [-0.2, 0) is 25.6 Å². The third kappa shape index (κ3) is 7.64. The largest absolute Gasteiger partial charge is 0.508 e. The van der Waals surface area contributed by atoms with Gasteiger partial charge in [0.1, 0.15) is 23.9 Å². The Hall–Kier alpha value is -2.79. The van der Waals surface area contributed by atoms with Crippen molar-refractivity contribution < 1.29 is 29.4 Å². The van der Waals surface area contributed by atoms with Gasteiger partial charge in [0.25, 0.3) is 0 Å². The van der Waals surface area contributed by atoms with Crippen LogP contribution in [0.25, 0.3) is 0 Å². The first-order valence-electron chi connectivity index (χ1n) is 10.8. The van der Waals surface area contributed by atoms with E-state index in [1.165, 1.54) is 24.0 Å². The lowest BCUT2D eigenvalue weighted by Crippen LogP contribution is -2.57. The SMILES string of the molecule is CSCCC(N)C(=O)NC(Cc1ccc(O)cc1)C(=O)N1CCCC1C(=O)NC(C)C(=O)O. The molecule has 0 aromatic heterocycles. The lowest BCUT2D eigenvalue weighted by Gasteiger charge is -2.30. The fourth-order valence-corrected chi connectivity index (χ4v) is 4.09. The third-order valence-corrected chi connectivity index (χ3v) is 6.17. The van der Waals surface area contributed by atoms with E-state index in [0.717, 1.165) is 0 Å². The Labute approximate surface area is 197 Å². The molecule has 10 nitrogen and oxygen atoms in total. The molecule has 2 rings (SSSR count). The molecular weight excluding hydrogens is 448 g/mol. The summed E-state index contributed by atoms with van der Waals surface area (Å²) in [6.45, 7) is 1.67. The molecule has 0 spiro atoms. The van der Waals surface area contributed by atoms with Gasteiger partial charge in [0.05, 0.1) is 6.04 Å². The van der Waals surface area contributed by atoms with Gasteiger partial charge in [0, 0.05) is 13.0 Å². The highest BCUT2D eigenvalue weighted by atomic mass is 32.2. The van der Waals surface area contributed by atoms with Crippen LogP contribution in [0, 0.1) is 0 Å². The number of amides is 3. The van der Waals surface area contributed by atoms with E-state index in [1.54, 1.807) is 23.9 Å². The van der Waals surface area contributed by atoms with E-state index in [0.29, 0.717) is 37.1 Å². The lowest BCUT2D eigenvalue weighted by atomic mass is 10.0. The second-order valence-electron chi connectivity index (χ2n) is 8.08. The van der Waals surface area contributed by atoms with Crippen LogP contribution in [0.15, 0.2) is 24.3 Å². The maximum Gasteiger partial charge on any atom is 0.325 e. The van der Waals surface area contributed by atoms with E-state index in [4.69, 9.17) is 10.8 Å². The minimum absolute atomic E-state index is 0.0774. The quantitative estimate of drug-likeness (QED) is 0.297. The van der Waals surface area contributed by atoms with Gasteiger partial charge in [-0.2, -0.15) is 11.8 Å². The number of benzene rings is 1. The number of carboxylic acids is 1. The summed E-state index contributed by atoms with van der Waals surface area (Å²) in [7, 11) is 0. The summed E-state index contributed by atoms with van der Waals surface area (Å²) in [6, 6.07) is 2.64. The topological polar surface area (TPSA) is 162 Å². The zero-order valence-corrected chi connectivity index (χ0v) is 19.6. The second-order valence-corrected chi connectivity index (χ2v) is 9.06. The normalized spacial score (nSPS) is 18.3. The summed E-state index contributed by atoms with van der Waals surface area (Å²) in [5, 5.41) is 23.7. The number of thioether (sulfide) groups is 1. The first-order chi connectivity index (χ1) is 15.6.